The van der Waals surface area contributed by atoms with Crippen LogP contribution >= 0.6 is 0 Å². The van der Waals surface area contributed by atoms with Gasteiger partial charge in [0.05, 0.1) is 6.10 Å². The molecule has 1 nitrogen and oxygen atoms in total. The predicted molar refractivity (Wildman–Crippen MR) is 45.2 cm³/mol. The first kappa shape index (κ1) is 7.11. The van der Waals surface area contributed by atoms with Crippen molar-refractivity contribution in [3.05, 3.63) is 23.8 Å². The number of aliphatic hydroxyl groups excluding tert-OH is 1. The Morgan fingerprint density at radius 1 is 1.64 bits per heavy atom. The number of aliphatic hydroxyl groups is 1. The number of hydrogen-bond donors (Lipinski definition) is 1. The van der Waals surface area contributed by atoms with E-state index in [9.17, 15) is 5.11 Å². The van der Waals surface area contributed by atoms with Crippen LogP contribution in [0.15, 0.2) is 23.8 Å². The molecule has 0 aromatic rings. The Bertz CT molecular complexity index is 227. The maximum atomic E-state index is 9.70. The summed E-state index contributed by atoms with van der Waals surface area (Å²) in [6.45, 7) is 2.17. The molecule has 2 aliphatic carbocycles. The van der Waals surface area contributed by atoms with Crippen molar-refractivity contribution in [3.63, 3.8) is 0 Å². The summed E-state index contributed by atoms with van der Waals surface area (Å²) in [7, 11) is 0. The summed E-state index contributed by atoms with van der Waals surface area (Å²) in [5.74, 6) is 0. The van der Waals surface area contributed by atoms with E-state index in [2.05, 4.69) is 25.2 Å². The van der Waals surface area contributed by atoms with Crippen LogP contribution in [0.1, 0.15) is 26.2 Å². The molecule has 0 aromatic carbocycles. The summed E-state index contributed by atoms with van der Waals surface area (Å²) in [4.78, 5) is 0. The van der Waals surface area contributed by atoms with Gasteiger partial charge in [-0.3, -0.25) is 0 Å². The minimum absolute atomic E-state index is 0.0781. The molecule has 0 aromatic heterocycles. The standard InChI is InChI=1S/C10H14O/c1-10-7-3-2-4-8(10)5-6-9(10)11/h2,4-5,9,11H,3,6-7H2,1H3/t9-,10-/m0/s1. The molecule has 2 atom stereocenters. The van der Waals surface area contributed by atoms with Crippen LogP contribution in [-0.4, -0.2) is 11.2 Å². The normalized spacial score (nSPS) is 42.0. The first-order valence-corrected chi connectivity index (χ1v) is 4.29. The van der Waals surface area contributed by atoms with E-state index < -0.39 is 0 Å². The van der Waals surface area contributed by atoms with Crippen LogP contribution in [0.4, 0.5) is 0 Å². The summed E-state index contributed by atoms with van der Waals surface area (Å²) < 4.78 is 0. The Labute approximate surface area is 67.4 Å². The maximum absolute atomic E-state index is 9.70. The van der Waals surface area contributed by atoms with Crippen molar-refractivity contribution < 1.29 is 5.11 Å². The van der Waals surface area contributed by atoms with Gasteiger partial charge in [-0.25, -0.2) is 0 Å². The molecular formula is C10H14O. The lowest BCUT2D eigenvalue weighted by atomic mass is 9.74. The molecule has 2 aliphatic rings. The molecule has 0 spiro atoms. The highest BCUT2D eigenvalue weighted by atomic mass is 16.3. The van der Waals surface area contributed by atoms with E-state index in [0.29, 0.717) is 0 Å². The molecule has 0 bridgehead atoms. The fourth-order valence-corrected chi connectivity index (χ4v) is 2.09. The molecule has 0 fully saturated rings. The molecule has 60 valence electrons. The molecule has 0 saturated heterocycles. The van der Waals surface area contributed by atoms with Gasteiger partial charge in [-0.05, 0) is 24.8 Å². The van der Waals surface area contributed by atoms with E-state index >= 15 is 0 Å². The van der Waals surface area contributed by atoms with E-state index in [-0.39, 0.29) is 11.5 Å². The summed E-state index contributed by atoms with van der Waals surface area (Å²) in [6.07, 6.45) is 9.46. The lowest BCUT2D eigenvalue weighted by Crippen LogP contribution is -2.30. The zero-order chi connectivity index (χ0) is 7.90. The van der Waals surface area contributed by atoms with E-state index in [1.807, 2.05) is 0 Å². The van der Waals surface area contributed by atoms with Crippen LogP contribution < -0.4 is 0 Å². The van der Waals surface area contributed by atoms with Crippen molar-refractivity contribution in [2.24, 2.45) is 5.41 Å². The van der Waals surface area contributed by atoms with Crippen LogP contribution in [0.3, 0.4) is 0 Å². The van der Waals surface area contributed by atoms with Crippen molar-refractivity contribution in [1.29, 1.82) is 0 Å². The summed E-state index contributed by atoms with van der Waals surface area (Å²) >= 11 is 0. The van der Waals surface area contributed by atoms with Gasteiger partial charge in [-0.1, -0.05) is 25.2 Å². The van der Waals surface area contributed by atoms with Crippen molar-refractivity contribution in [3.8, 4) is 0 Å². The minimum Gasteiger partial charge on any atom is -0.392 e. The summed E-state index contributed by atoms with van der Waals surface area (Å²) in [5, 5.41) is 9.70. The number of allylic oxidation sites excluding steroid dienone is 2. The van der Waals surface area contributed by atoms with Gasteiger partial charge in [0.15, 0.2) is 0 Å². The number of fused-ring (bicyclic) bond motifs is 1. The van der Waals surface area contributed by atoms with Crippen molar-refractivity contribution >= 4 is 0 Å². The van der Waals surface area contributed by atoms with Gasteiger partial charge in [-0.2, -0.15) is 0 Å². The van der Waals surface area contributed by atoms with Gasteiger partial charge >= 0.3 is 0 Å². The molecule has 0 heterocycles. The Morgan fingerprint density at radius 3 is 3.18 bits per heavy atom. The van der Waals surface area contributed by atoms with E-state index in [4.69, 9.17) is 0 Å². The van der Waals surface area contributed by atoms with Crippen LogP contribution in [0.5, 0.6) is 0 Å². The van der Waals surface area contributed by atoms with Gasteiger partial charge in [0.25, 0.3) is 0 Å². The Balaban J connectivity index is 2.36. The smallest absolute Gasteiger partial charge is 0.0668 e. The first-order valence-electron chi connectivity index (χ1n) is 4.29. The second-order valence-electron chi connectivity index (χ2n) is 3.77. The maximum Gasteiger partial charge on any atom is 0.0668 e. The van der Waals surface area contributed by atoms with Gasteiger partial charge in [-0.15, -0.1) is 0 Å². The number of rotatable bonds is 0. The Morgan fingerprint density at radius 2 is 2.45 bits per heavy atom. The van der Waals surface area contributed by atoms with E-state index in [1.54, 1.807) is 0 Å². The Hall–Kier alpha value is -0.560. The minimum atomic E-state index is -0.137. The third-order valence-corrected chi connectivity index (χ3v) is 3.08. The quantitative estimate of drug-likeness (QED) is 0.560. The molecule has 2 rings (SSSR count). The van der Waals surface area contributed by atoms with Crippen molar-refractivity contribution in [2.75, 3.05) is 0 Å². The van der Waals surface area contributed by atoms with Gasteiger partial charge in [0.1, 0.15) is 0 Å². The monoisotopic (exact) mass is 150 g/mol. The van der Waals surface area contributed by atoms with Crippen LogP contribution in [0, 0.1) is 5.41 Å². The van der Waals surface area contributed by atoms with Gasteiger partial charge < -0.3 is 5.11 Å². The first-order chi connectivity index (χ1) is 5.23. The van der Waals surface area contributed by atoms with Gasteiger partial charge in [0.2, 0.25) is 0 Å². The molecule has 1 N–H and O–H groups in total. The molecule has 1 heteroatoms. The topological polar surface area (TPSA) is 20.2 Å². The van der Waals surface area contributed by atoms with E-state index in [1.165, 1.54) is 5.57 Å². The molecular weight excluding hydrogens is 136 g/mol. The fourth-order valence-electron chi connectivity index (χ4n) is 2.09. The average molecular weight is 150 g/mol. The molecule has 0 saturated carbocycles. The third kappa shape index (κ3) is 0.875. The summed E-state index contributed by atoms with van der Waals surface area (Å²) in [5.41, 5.74) is 1.42. The van der Waals surface area contributed by atoms with Crippen LogP contribution in [-0.2, 0) is 0 Å². The average Bonchev–Trinajstić information content (AvgIpc) is 2.29. The van der Waals surface area contributed by atoms with Crippen LogP contribution in [0.2, 0.25) is 0 Å². The van der Waals surface area contributed by atoms with E-state index in [0.717, 1.165) is 19.3 Å². The lowest BCUT2D eigenvalue weighted by molar-refractivity contribution is 0.0735. The third-order valence-electron chi connectivity index (χ3n) is 3.08. The fraction of sp³-hybridized carbons (Fsp3) is 0.600. The highest BCUT2D eigenvalue weighted by molar-refractivity contribution is 5.34. The Kier molecular flexibility index (Phi) is 1.43. The highest BCUT2D eigenvalue weighted by Crippen LogP contribution is 2.45. The molecule has 0 unspecified atom stereocenters. The van der Waals surface area contributed by atoms with Crippen LogP contribution in [0.25, 0.3) is 0 Å². The molecule has 0 amide bonds. The molecule has 11 heavy (non-hydrogen) atoms. The molecule has 0 radical (unpaired) electrons. The zero-order valence-electron chi connectivity index (χ0n) is 6.88. The lowest BCUT2D eigenvalue weighted by Gasteiger charge is -2.32. The second kappa shape index (κ2) is 2.21. The zero-order valence-corrected chi connectivity index (χ0v) is 6.88. The van der Waals surface area contributed by atoms with Crippen molar-refractivity contribution in [1.82, 2.24) is 0 Å². The van der Waals surface area contributed by atoms with Gasteiger partial charge in [0, 0.05) is 5.41 Å². The predicted octanol–water partition coefficient (Wildman–Crippen LogP) is 2.03. The van der Waals surface area contributed by atoms with Crippen molar-refractivity contribution in [2.45, 2.75) is 32.3 Å². The largest absolute Gasteiger partial charge is 0.392 e. The number of hydrogen-bond acceptors (Lipinski definition) is 1. The SMILES string of the molecule is C[C@]12CCC=CC1=CC[C@@H]2O. The molecule has 0 aliphatic heterocycles. The highest BCUT2D eigenvalue weighted by Gasteiger charge is 2.39. The summed E-state index contributed by atoms with van der Waals surface area (Å²) in [6, 6.07) is 0. The second-order valence-corrected chi connectivity index (χ2v) is 3.77.